The Hall–Kier alpha value is -1.92. The molecule has 0 amide bonds. The molecule has 6 rings (SSSR count). The summed E-state index contributed by atoms with van der Waals surface area (Å²) in [7, 11) is 0. The number of aliphatic hydroxyl groups is 1. The number of piperidine rings is 1. The van der Waals surface area contributed by atoms with E-state index in [0.29, 0.717) is 23.3 Å². The largest absolute Gasteiger partial charge is 0.411 e. The molecule has 0 unspecified atom stereocenters. The molecule has 1 aromatic heterocycles. The molecule has 6 heteroatoms. The zero-order valence-electron chi connectivity index (χ0n) is 19.0. The van der Waals surface area contributed by atoms with Crippen LogP contribution in [0.1, 0.15) is 80.8 Å². The summed E-state index contributed by atoms with van der Waals surface area (Å²) in [5.41, 5.74) is 3.65. The van der Waals surface area contributed by atoms with Gasteiger partial charge in [-0.1, -0.05) is 29.4 Å². The highest BCUT2D eigenvalue weighted by Crippen LogP contribution is 2.49. The summed E-state index contributed by atoms with van der Waals surface area (Å²) >= 11 is 0. The Morgan fingerprint density at radius 1 is 0.906 bits per heavy atom. The maximum atomic E-state index is 9.93. The molecule has 2 saturated heterocycles. The van der Waals surface area contributed by atoms with E-state index in [0.717, 1.165) is 44.8 Å². The number of aromatic nitrogens is 2. The van der Waals surface area contributed by atoms with Gasteiger partial charge < -0.3 is 19.3 Å². The van der Waals surface area contributed by atoms with Gasteiger partial charge in [0.15, 0.2) is 0 Å². The Bertz CT molecular complexity index is 894. The average molecular weight is 437 g/mol. The molecule has 1 N–H and O–H groups in total. The second-order valence-electron chi connectivity index (χ2n) is 10.9. The van der Waals surface area contributed by atoms with E-state index in [9.17, 15) is 5.11 Å². The van der Waals surface area contributed by atoms with Gasteiger partial charge in [-0.15, -0.1) is 5.10 Å². The van der Waals surface area contributed by atoms with Crippen molar-refractivity contribution in [1.29, 1.82) is 0 Å². The van der Waals surface area contributed by atoms with Gasteiger partial charge in [-0.2, -0.15) is 0 Å². The van der Waals surface area contributed by atoms with E-state index in [-0.39, 0.29) is 6.10 Å². The smallest absolute Gasteiger partial charge is 0.317 e. The van der Waals surface area contributed by atoms with Gasteiger partial charge in [-0.25, -0.2) is 0 Å². The van der Waals surface area contributed by atoms with Gasteiger partial charge in [0.2, 0.25) is 6.39 Å². The maximum Gasteiger partial charge on any atom is 0.317 e. The van der Waals surface area contributed by atoms with Crippen molar-refractivity contribution >= 4 is 6.01 Å². The minimum absolute atomic E-state index is 0.0777. The minimum atomic E-state index is -0.0777. The number of anilines is 1. The fraction of sp³-hybridized carbons (Fsp3) is 0.692. The van der Waals surface area contributed by atoms with Crippen LogP contribution in [0.25, 0.3) is 0 Å². The van der Waals surface area contributed by atoms with Gasteiger partial charge in [0.1, 0.15) is 0 Å². The van der Waals surface area contributed by atoms with Crippen LogP contribution < -0.4 is 4.90 Å². The quantitative estimate of drug-likeness (QED) is 0.770. The van der Waals surface area contributed by atoms with E-state index in [1.54, 1.807) is 11.1 Å². The van der Waals surface area contributed by atoms with Crippen LogP contribution >= 0.6 is 0 Å². The highest BCUT2D eigenvalue weighted by atomic mass is 16.4. The zero-order valence-corrected chi connectivity index (χ0v) is 19.0. The molecule has 6 nitrogen and oxygen atoms in total. The van der Waals surface area contributed by atoms with Crippen molar-refractivity contribution in [2.24, 2.45) is 5.41 Å². The second-order valence-corrected chi connectivity index (χ2v) is 10.9. The SMILES string of the molecule is O[C@H]1CC[C@H](c2ccccc2C2CCN([C@@H]3CCC4(C3)CN(c3nnco3)C4)CC2)CC1. The summed E-state index contributed by atoms with van der Waals surface area (Å²) in [6, 6.07) is 10.6. The molecular formula is C26H36N4O2. The molecule has 1 aromatic carbocycles. The summed E-state index contributed by atoms with van der Waals surface area (Å²) in [4.78, 5) is 5.03. The van der Waals surface area contributed by atoms with Crippen LogP contribution in [0.4, 0.5) is 6.01 Å². The summed E-state index contributed by atoms with van der Waals surface area (Å²) < 4.78 is 5.38. The number of hydrogen-bond acceptors (Lipinski definition) is 6. The molecule has 0 bridgehead atoms. The molecule has 0 radical (unpaired) electrons. The summed E-state index contributed by atoms with van der Waals surface area (Å²) in [6.45, 7) is 4.62. The van der Waals surface area contributed by atoms with Gasteiger partial charge in [0.25, 0.3) is 0 Å². The van der Waals surface area contributed by atoms with Crippen molar-refractivity contribution < 1.29 is 9.52 Å². The number of aliphatic hydroxyl groups excluding tert-OH is 1. The number of rotatable bonds is 4. The van der Waals surface area contributed by atoms with Gasteiger partial charge in [-0.05, 0) is 93.8 Å². The first kappa shape index (κ1) is 20.7. The monoisotopic (exact) mass is 436 g/mol. The van der Waals surface area contributed by atoms with Crippen LogP contribution in [0, 0.1) is 5.41 Å². The maximum absolute atomic E-state index is 9.93. The van der Waals surface area contributed by atoms with Crippen molar-refractivity contribution in [2.45, 2.75) is 81.8 Å². The standard InChI is InChI=1S/C26H36N4O2/c31-22-7-5-19(6-8-22)23-3-1-2-4-24(23)20-10-13-29(14-11-20)21-9-12-26(15-21)16-30(17-26)25-28-27-18-32-25/h1-4,18-22,31H,5-17H2/t19-,21-,22-/m1/s1. The molecule has 4 fully saturated rings. The molecule has 1 spiro atoms. The third kappa shape index (κ3) is 3.86. The van der Waals surface area contributed by atoms with Crippen molar-refractivity contribution in [3.8, 4) is 0 Å². The molecule has 1 atom stereocenters. The molecule has 2 saturated carbocycles. The first-order valence-corrected chi connectivity index (χ1v) is 12.7. The third-order valence-corrected chi connectivity index (χ3v) is 8.97. The summed E-state index contributed by atoms with van der Waals surface area (Å²) in [6.07, 6.45) is 12.1. The third-order valence-electron chi connectivity index (χ3n) is 8.97. The molecule has 4 aliphatic rings. The molecule has 2 aliphatic carbocycles. The number of likely N-dealkylation sites (tertiary alicyclic amines) is 1. The van der Waals surface area contributed by atoms with E-state index < -0.39 is 0 Å². The Labute approximate surface area is 191 Å². The summed E-state index contributed by atoms with van der Waals surface area (Å²) in [5, 5.41) is 17.8. The van der Waals surface area contributed by atoms with Gasteiger partial charge >= 0.3 is 6.01 Å². The molecule has 3 heterocycles. The topological polar surface area (TPSA) is 65.6 Å². The van der Waals surface area contributed by atoms with E-state index in [1.165, 1.54) is 51.6 Å². The van der Waals surface area contributed by atoms with Crippen molar-refractivity contribution in [3.05, 3.63) is 41.8 Å². The molecular weight excluding hydrogens is 400 g/mol. The normalized spacial score (nSPS) is 31.2. The van der Waals surface area contributed by atoms with Crippen molar-refractivity contribution in [2.75, 3.05) is 31.1 Å². The lowest BCUT2D eigenvalue weighted by atomic mass is 9.76. The molecule has 2 aliphatic heterocycles. The number of benzene rings is 1. The highest BCUT2D eigenvalue weighted by molar-refractivity contribution is 5.35. The predicted molar refractivity (Wildman–Crippen MR) is 124 cm³/mol. The predicted octanol–water partition coefficient (Wildman–Crippen LogP) is 4.33. The lowest BCUT2D eigenvalue weighted by Gasteiger charge is -2.48. The van der Waals surface area contributed by atoms with Crippen molar-refractivity contribution in [3.63, 3.8) is 0 Å². The van der Waals surface area contributed by atoms with Crippen LogP contribution in [-0.2, 0) is 0 Å². The van der Waals surface area contributed by atoms with Gasteiger partial charge in [-0.3, -0.25) is 0 Å². The first-order chi connectivity index (χ1) is 15.7. The van der Waals surface area contributed by atoms with Crippen LogP contribution in [0.5, 0.6) is 0 Å². The number of nitrogens with zero attached hydrogens (tertiary/aromatic N) is 4. The van der Waals surface area contributed by atoms with E-state index >= 15 is 0 Å². The van der Waals surface area contributed by atoms with Crippen LogP contribution in [0.3, 0.4) is 0 Å². The average Bonchev–Trinajstić information content (AvgIpc) is 3.49. The minimum Gasteiger partial charge on any atom is -0.411 e. The molecule has 32 heavy (non-hydrogen) atoms. The van der Waals surface area contributed by atoms with E-state index in [1.807, 2.05) is 0 Å². The fourth-order valence-electron chi connectivity index (χ4n) is 7.20. The fourth-order valence-corrected chi connectivity index (χ4v) is 7.20. The van der Waals surface area contributed by atoms with Gasteiger partial charge in [0, 0.05) is 24.5 Å². The second kappa shape index (κ2) is 8.45. The van der Waals surface area contributed by atoms with Crippen LogP contribution in [-0.4, -0.2) is 58.5 Å². The lowest BCUT2D eigenvalue weighted by molar-refractivity contribution is 0.121. The van der Waals surface area contributed by atoms with E-state index in [2.05, 4.69) is 44.3 Å². The lowest BCUT2D eigenvalue weighted by Crippen LogP contribution is -2.56. The zero-order chi connectivity index (χ0) is 21.5. The summed E-state index contributed by atoms with van der Waals surface area (Å²) in [5.74, 6) is 1.34. The first-order valence-electron chi connectivity index (χ1n) is 12.7. The Balaban J connectivity index is 1.05. The highest BCUT2D eigenvalue weighted by Gasteiger charge is 2.50. The Morgan fingerprint density at radius 3 is 2.25 bits per heavy atom. The molecule has 2 aromatic rings. The van der Waals surface area contributed by atoms with Crippen LogP contribution in [0.2, 0.25) is 0 Å². The van der Waals surface area contributed by atoms with Gasteiger partial charge in [0.05, 0.1) is 6.10 Å². The van der Waals surface area contributed by atoms with E-state index in [4.69, 9.17) is 4.42 Å². The van der Waals surface area contributed by atoms with Crippen LogP contribution in [0.15, 0.2) is 35.1 Å². The Morgan fingerprint density at radius 2 is 1.59 bits per heavy atom. The Kier molecular flexibility index (Phi) is 5.46. The van der Waals surface area contributed by atoms with Crippen molar-refractivity contribution in [1.82, 2.24) is 15.1 Å². The molecule has 172 valence electrons. The number of hydrogen-bond donors (Lipinski definition) is 1.